The second-order valence-electron chi connectivity index (χ2n) is 9.61. The molecule has 1 aromatic carbocycles. The van der Waals surface area contributed by atoms with E-state index in [1.54, 1.807) is 12.0 Å². The fraction of sp³-hybridized carbons (Fsp3) is 0.577. The topological polar surface area (TPSA) is 102 Å². The number of nitrogens with zero attached hydrogens (tertiary/aromatic N) is 2. The fourth-order valence-corrected chi connectivity index (χ4v) is 5.32. The van der Waals surface area contributed by atoms with E-state index in [1.807, 2.05) is 36.6 Å². The van der Waals surface area contributed by atoms with Crippen LogP contribution < -0.4 is 15.4 Å². The number of amides is 3. The molecule has 2 N–H and O–H groups in total. The van der Waals surface area contributed by atoms with Gasteiger partial charge in [-0.25, -0.2) is 0 Å². The molecule has 1 aromatic heterocycles. The molecule has 2 aromatic rings. The van der Waals surface area contributed by atoms with E-state index < -0.39 is 5.54 Å². The summed E-state index contributed by atoms with van der Waals surface area (Å²) in [5, 5.41) is 6.78. The third-order valence-electron chi connectivity index (χ3n) is 7.14. The molecule has 1 aliphatic heterocycles. The van der Waals surface area contributed by atoms with Gasteiger partial charge in [-0.05, 0) is 51.3 Å². The van der Waals surface area contributed by atoms with E-state index in [-0.39, 0.29) is 30.3 Å². The summed E-state index contributed by atoms with van der Waals surface area (Å²) in [4.78, 5) is 41.5. The number of nitrogens with one attached hydrogen (secondary N) is 2. The van der Waals surface area contributed by atoms with Crippen LogP contribution in [0, 0.1) is 0 Å². The molecule has 35 heavy (non-hydrogen) atoms. The molecule has 0 unspecified atom stereocenters. The highest BCUT2D eigenvalue weighted by atomic mass is 16.5. The summed E-state index contributed by atoms with van der Waals surface area (Å²) in [5.74, 6) is -0.0760. The summed E-state index contributed by atoms with van der Waals surface area (Å²) in [6.07, 6.45) is 4.74. The second kappa shape index (κ2) is 10.3. The smallest absolute Gasteiger partial charge is 0.273 e. The summed E-state index contributed by atoms with van der Waals surface area (Å²) >= 11 is 0. The number of benzene rings is 1. The minimum absolute atomic E-state index is 0.140. The Morgan fingerprint density at radius 2 is 1.97 bits per heavy atom. The number of carbonyl (C=O) groups is 3. The summed E-state index contributed by atoms with van der Waals surface area (Å²) < 4.78 is 12.8. The standard InChI is InChI=1S/C26H36N4O5/c1-5-35-14-8-13-30-24(32)23-22(27-17(2)31)20-15-19(34-4)11-12-21(20)29(23)16-26(30,3)25(33)28-18-9-6-7-10-18/h11-12,15,18H,5-10,13-14,16H2,1-4H3,(H,27,31)(H,28,33)/t26-/m1/s1. The van der Waals surface area contributed by atoms with Gasteiger partial charge in [0.1, 0.15) is 17.0 Å². The van der Waals surface area contributed by atoms with Crippen molar-refractivity contribution in [3.05, 3.63) is 23.9 Å². The van der Waals surface area contributed by atoms with Gasteiger partial charge in [0.15, 0.2) is 0 Å². The zero-order valence-corrected chi connectivity index (χ0v) is 21.1. The Labute approximate surface area is 206 Å². The fourth-order valence-electron chi connectivity index (χ4n) is 5.32. The molecule has 1 aliphatic carbocycles. The van der Waals surface area contributed by atoms with E-state index in [4.69, 9.17) is 9.47 Å². The Hall–Kier alpha value is -3.07. The first-order valence-corrected chi connectivity index (χ1v) is 12.5. The number of rotatable bonds is 9. The van der Waals surface area contributed by atoms with Gasteiger partial charge in [-0.15, -0.1) is 0 Å². The van der Waals surface area contributed by atoms with E-state index in [1.165, 1.54) is 6.92 Å². The van der Waals surface area contributed by atoms with Crippen LogP contribution in [0.5, 0.6) is 5.75 Å². The minimum atomic E-state index is -1.09. The van der Waals surface area contributed by atoms with Crippen LogP contribution in [0.25, 0.3) is 10.9 Å². The maximum Gasteiger partial charge on any atom is 0.273 e. The van der Waals surface area contributed by atoms with Crippen molar-refractivity contribution < 1.29 is 23.9 Å². The summed E-state index contributed by atoms with van der Waals surface area (Å²) in [7, 11) is 1.57. The Morgan fingerprint density at radius 3 is 2.63 bits per heavy atom. The molecule has 190 valence electrons. The van der Waals surface area contributed by atoms with Crippen LogP contribution in [-0.2, 0) is 20.9 Å². The zero-order chi connectivity index (χ0) is 25.2. The Balaban J connectivity index is 1.80. The largest absolute Gasteiger partial charge is 0.497 e. The number of methoxy groups -OCH3 is 1. The Morgan fingerprint density at radius 1 is 1.23 bits per heavy atom. The average molecular weight is 485 g/mol. The highest BCUT2D eigenvalue weighted by Gasteiger charge is 2.49. The molecule has 4 rings (SSSR count). The number of hydrogen-bond acceptors (Lipinski definition) is 5. The van der Waals surface area contributed by atoms with Gasteiger partial charge in [0.2, 0.25) is 11.8 Å². The van der Waals surface area contributed by atoms with Gasteiger partial charge in [-0.1, -0.05) is 12.8 Å². The quantitative estimate of drug-likeness (QED) is 0.532. The minimum Gasteiger partial charge on any atom is -0.497 e. The Bertz CT molecular complexity index is 1120. The molecule has 0 spiro atoms. The molecular weight excluding hydrogens is 448 g/mol. The number of aromatic nitrogens is 1. The molecule has 0 radical (unpaired) electrons. The van der Waals surface area contributed by atoms with Gasteiger partial charge in [-0.3, -0.25) is 14.4 Å². The van der Waals surface area contributed by atoms with Gasteiger partial charge < -0.3 is 29.6 Å². The second-order valence-corrected chi connectivity index (χ2v) is 9.61. The molecule has 9 heteroatoms. The lowest BCUT2D eigenvalue weighted by Gasteiger charge is -2.44. The normalized spacial score (nSPS) is 20.2. The van der Waals surface area contributed by atoms with Gasteiger partial charge >= 0.3 is 0 Å². The molecule has 2 heterocycles. The SMILES string of the molecule is CCOCCCN1C(=O)c2c(NC(C)=O)c3cc(OC)ccc3n2C[C@]1(C)C(=O)NC1CCCC1. The summed E-state index contributed by atoms with van der Waals surface area (Å²) in [5.41, 5.74) is 0.514. The maximum atomic E-state index is 14.1. The predicted octanol–water partition coefficient (Wildman–Crippen LogP) is 3.31. The summed E-state index contributed by atoms with van der Waals surface area (Å²) in [6.45, 7) is 6.93. The van der Waals surface area contributed by atoms with E-state index in [0.29, 0.717) is 48.7 Å². The molecule has 0 bridgehead atoms. The van der Waals surface area contributed by atoms with Gasteiger partial charge in [-0.2, -0.15) is 0 Å². The maximum absolute atomic E-state index is 14.1. The van der Waals surface area contributed by atoms with Gasteiger partial charge in [0.05, 0.1) is 24.9 Å². The molecule has 1 atom stereocenters. The monoisotopic (exact) mass is 484 g/mol. The van der Waals surface area contributed by atoms with Crippen LogP contribution in [0.3, 0.4) is 0 Å². The summed E-state index contributed by atoms with van der Waals surface area (Å²) in [6, 6.07) is 5.65. The number of fused-ring (bicyclic) bond motifs is 3. The van der Waals surface area contributed by atoms with Crippen molar-refractivity contribution in [1.82, 2.24) is 14.8 Å². The molecule has 1 saturated carbocycles. The lowest BCUT2D eigenvalue weighted by molar-refractivity contribution is -0.133. The van der Waals surface area contributed by atoms with Gasteiger partial charge in [0, 0.05) is 38.1 Å². The van der Waals surface area contributed by atoms with Crippen molar-refractivity contribution in [3.63, 3.8) is 0 Å². The zero-order valence-electron chi connectivity index (χ0n) is 21.1. The molecule has 2 aliphatic rings. The van der Waals surface area contributed by atoms with Crippen molar-refractivity contribution in [2.45, 2.75) is 71.0 Å². The van der Waals surface area contributed by atoms with E-state index in [9.17, 15) is 14.4 Å². The number of hydrogen-bond donors (Lipinski definition) is 2. The van der Waals surface area contributed by atoms with Crippen LogP contribution in [0.2, 0.25) is 0 Å². The number of carbonyl (C=O) groups excluding carboxylic acids is 3. The van der Waals surface area contributed by atoms with Crippen molar-refractivity contribution >= 4 is 34.3 Å². The predicted molar refractivity (Wildman–Crippen MR) is 134 cm³/mol. The molecule has 9 nitrogen and oxygen atoms in total. The van der Waals surface area contributed by atoms with Crippen molar-refractivity contribution in [1.29, 1.82) is 0 Å². The highest BCUT2D eigenvalue weighted by Crippen LogP contribution is 2.40. The third kappa shape index (κ3) is 4.74. The van der Waals surface area contributed by atoms with Crippen LogP contribution >= 0.6 is 0 Å². The molecule has 3 amide bonds. The third-order valence-corrected chi connectivity index (χ3v) is 7.14. The van der Waals surface area contributed by atoms with Crippen LogP contribution in [0.1, 0.15) is 63.4 Å². The van der Waals surface area contributed by atoms with Crippen LogP contribution in [-0.4, -0.2) is 65.6 Å². The van der Waals surface area contributed by atoms with E-state index in [0.717, 1.165) is 31.2 Å². The Kier molecular flexibility index (Phi) is 7.35. The van der Waals surface area contributed by atoms with Crippen molar-refractivity contribution in [3.8, 4) is 5.75 Å². The lowest BCUT2D eigenvalue weighted by Crippen LogP contribution is -2.65. The van der Waals surface area contributed by atoms with Crippen molar-refractivity contribution in [2.24, 2.45) is 0 Å². The highest BCUT2D eigenvalue weighted by molar-refractivity contribution is 6.14. The molecular formula is C26H36N4O5. The first-order chi connectivity index (χ1) is 16.8. The van der Waals surface area contributed by atoms with Crippen LogP contribution in [0.15, 0.2) is 18.2 Å². The number of anilines is 1. The first-order valence-electron chi connectivity index (χ1n) is 12.5. The van der Waals surface area contributed by atoms with Crippen LogP contribution in [0.4, 0.5) is 5.69 Å². The lowest BCUT2D eigenvalue weighted by atomic mass is 9.93. The van der Waals surface area contributed by atoms with Crippen molar-refractivity contribution in [2.75, 3.05) is 32.2 Å². The molecule has 0 saturated heterocycles. The first kappa shape index (κ1) is 25.0. The number of ether oxygens (including phenoxy) is 2. The molecule has 1 fully saturated rings. The van der Waals surface area contributed by atoms with E-state index >= 15 is 0 Å². The average Bonchev–Trinajstić information content (AvgIpc) is 3.44. The van der Waals surface area contributed by atoms with Gasteiger partial charge in [0.25, 0.3) is 5.91 Å². The van der Waals surface area contributed by atoms with E-state index in [2.05, 4.69) is 10.6 Å².